The molecule has 0 N–H and O–H groups in total. The van der Waals surface area contributed by atoms with Gasteiger partial charge in [-0.25, -0.2) is 15.0 Å². The van der Waals surface area contributed by atoms with Gasteiger partial charge in [0.1, 0.15) is 11.2 Å². The Kier molecular flexibility index (Phi) is 8.14. The van der Waals surface area contributed by atoms with Crippen LogP contribution in [0.2, 0.25) is 0 Å². The number of allylic oxidation sites excluding steroid dienone is 4. The van der Waals surface area contributed by atoms with Gasteiger partial charge in [-0.1, -0.05) is 176 Å². The second-order valence-corrected chi connectivity index (χ2v) is 18.9. The molecule has 0 amide bonds. The Morgan fingerprint density at radius 1 is 0.391 bits per heavy atom. The van der Waals surface area contributed by atoms with E-state index < -0.39 is 0 Å². The molecule has 11 aromatic rings. The van der Waals surface area contributed by atoms with E-state index in [1.54, 1.807) is 0 Å². The highest BCUT2D eigenvalue weighted by Gasteiger charge is 2.52. The lowest BCUT2D eigenvalue weighted by atomic mass is 9.69. The molecule has 0 saturated carbocycles. The monoisotopic (exact) mass is 879 g/mol. The van der Waals surface area contributed by atoms with E-state index in [0.717, 1.165) is 57.9 Å². The van der Waals surface area contributed by atoms with Gasteiger partial charge in [0.15, 0.2) is 17.5 Å². The molecule has 15 rings (SSSR count). The Morgan fingerprint density at radius 2 is 1.01 bits per heavy atom. The van der Waals surface area contributed by atoms with Gasteiger partial charge in [0.25, 0.3) is 0 Å². The lowest BCUT2D eigenvalue weighted by molar-refractivity contribution is 0.669. The Hall–Kier alpha value is -8.73. The molecule has 4 aliphatic rings. The standard InChI is InChI=1S/C65H41N3O/c1-2-13-41(14-3-1)62-66-63(46-32-34-60-54(38-46)50-19-7-11-24-59(50)69-60)68-64(67-62)51-20-12-15-45-35-44-30-29-42(36-52(44)61(45)51)39-25-27-40(28-26-39)43-31-33-58-53(37-43)49-18-6-10-23-57(49)65(58)55-21-8-4-16-47(55)48-17-5-9-22-56(48)65/h1-4,6-16,18-34,36-38H,5,17,35H2. The van der Waals surface area contributed by atoms with E-state index in [-0.39, 0.29) is 5.41 Å². The highest BCUT2D eigenvalue weighted by molar-refractivity contribution is 6.06. The molecule has 0 bridgehead atoms. The first kappa shape index (κ1) is 38.4. The van der Waals surface area contributed by atoms with E-state index in [4.69, 9.17) is 19.4 Å². The van der Waals surface area contributed by atoms with Gasteiger partial charge in [-0.05, 0) is 145 Å². The van der Waals surface area contributed by atoms with Crippen LogP contribution in [0.4, 0.5) is 0 Å². The third-order valence-corrected chi connectivity index (χ3v) is 15.3. The summed E-state index contributed by atoms with van der Waals surface area (Å²) in [6, 6.07) is 72.7. The number of hydrogen-bond acceptors (Lipinski definition) is 4. The maximum atomic E-state index is 6.19. The van der Waals surface area contributed by atoms with Crippen LogP contribution in [0.1, 0.15) is 46.2 Å². The van der Waals surface area contributed by atoms with E-state index in [2.05, 4.69) is 170 Å². The summed E-state index contributed by atoms with van der Waals surface area (Å²) >= 11 is 0. The summed E-state index contributed by atoms with van der Waals surface area (Å²) in [5.41, 5.74) is 25.3. The van der Waals surface area contributed by atoms with Crippen molar-refractivity contribution in [1.82, 2.24) is 15.0 Å². The second kappa shape index (κ2) is 14.6. The highest BCUT2D eigenvalue weighted by atomic mass is 16.3. The normalized spacial score (nSPS) is 15.9. The van der Waals surface area contributed by atoms with Crippen LogP contribution >= 0.6 is 0 Å². The fourth-order valence-electron chi connectivity index (χ4n) is 12.2. The van der Waals surface area contributed by atoms with Crippen molar-refractivity contribution in [3.8, 4) is 78.7 Å². The zero-order chi connectivity index (χ0) is 45.2. The van der Waals surface area contributed by atoms with Crippen molar-refractivity contribution in [2.45, 2.75) is 24.7 Å². The van der Waals surface area contributed by atoms with E-state index in [9.17, 15) is 0 Å². The number of para-hydroxylation sites is 1. The third-order valence-electron chi connectivity index (χ3n) is 15.3. The fraction of sp³-hybridized carbons (Fsp3) is 0.0615. The van der Waals surface area contributed by atoms with E-state index in [0.29, 0.717) is 17.5 Å². The Bertz CT molecular complexity index is 4040. The zero-order valence-corrected chi connectivity index (χ0v) is 37.6. The first-order valence-electron chi connectivity index (χ1n) is 24.0. The molecule has 2 aromatic heterocycles. The molecule has 1 unspecified atom stereocenters. The number of furan rings is 1. The van der Waals surface area contributed by atoms with Gasteiger partial charge in [0, 0.05) is 27.5 Å². The quantitative estimate of drug-likeness (QED) is 0.173. The highest BCUT2D eigenvalue weighted by Crippen LogP contribution is 2.63. The van der Waals surface area contributed by atoms with E-state index >= 15 is 0 Å². The molecule has 0 radical (unpaired) electrons. The van der Waals surface area contributed by atoms with Gasteiger partial charge in [-0.2, -0.15) is 0 Å². The second-order valence-electron chi connectivity index (χ2n) is 18.9. The van der Waals surface area contributed by atoms with Gasteiger partial charge >= 0.3 is 0 Å². The van der Waals surface area contributed by atoms with E-state index in [1.165, 1.54) is 89.0 Å². The average molecular weight is 880 g/mol. The van der Waals surface area contributed by atoms with Crippen molar-refractivity contribution in [3.63, 3.8) is 0 Å². The average Bonchev–Trinajstić information content (AvgIpc) is 4.16. The number of aromatic nitrogens is 3. The molecule has 0 fully saturated rings. The van der Waals surface area contributed by atoms with Crippen molar-refractivity contribution >= 4 is 27.5 Å². The molecule has 322 valence electrons. The molecule has 4 nitrogen and oxygen atoms in total. The number of benzene rings is 9. The molecule has 0 aliphatic heterocycles. The van der Waals surface area contributed by atoms with Gasteiger partial charge in [-0.15, -0.1) is 0 Å². The van der Waals surface area contributed by atoms with Crippen LogP contribution in [0.25, 0.3) is 106 Å². The Balaban J connectivity index is 0.801. The number of hydrogen-bond donors (Lipinski definition) is 0. The van der Waals surface area contributed by atoms with Crippen LogP contribution in [0, 0.1) is 0 Å². The van der Waals surface area contributed by atoms with Gasteiger partial charge in [0.2, 0.25) is 0 Å². The van der Waals surface area contributed by atoms with Crippen LogP contribution in [-0.2, 0) is 11.8 Å². The molecule has 1 spiro atoms. The molecule has 2 heterocycles. The molecule has 9 aromatic carbocycles. The third kappa shape index (κ3) is 5.60. The van der Waals surface area contributed by atoms with Crippen molar-refractivity contribution < 1.29 is 4.42 Å². The summed E-state index contributed by atoms with van der Waals surface area (Å²) in [7, 11) is 0. The van der Waals surface area contributed by atoms with Crippen LogP contribution < -0.4 is 0 Å². The summed E-state index contributed by atoms with van der Waals surface area (Å²) in [4.78, 5) is 15.6. The molecular weight excluding hydrogens is 839 g/mol. The van der Waals surface area contributed by atoms with Crippen LogP contribution in [0.3, 0.4) is 0 Å². The van der Waals surface area contributed by atoms with Crippen molar-refractivity contribution in [3.05, 3.63) is 251 Å². The maximum Gasteiger partial charge on any atom is 0.164 e. The van der Waals surface area contributed by atoms with Gasteiger partial charge in [0.05, 0.1) is 5.41 Å². The summed E-state index contributed by atoms with van der Waals surface area (Å²) in [6.45, 7) is 0. The summed E-state index contributed by atoms with van der Waals surface area (Å²) in [5.74, 6) is 1.92. The molecule has 1 atom stereocenters. The predicted molar refractivity (Wildman–Crippen MR) is 280 cm³/mol. The lowest BCUT2D eigenvalue weighted by Gasteiger charge is -2.32. The molecule has 0 saturated heterocycles. The number of rotatable bonds is 5. The van der Waals surface area contributed by atoms with Crippen molar-refractivity contribution in [1.29, 1.82) is 0 Å². The van der Waals surface area contributed by atoms with Crippen molar-refractivity contribution in [2.24, 2.45) is 0 Å². The predicted octanol–water partition coefficient (Wildman–Crippen LogP) is 16.1. The summed E-state index contributed by atoms with van der Waals surface area (Å²) in [5, 5.41) is 2.11. The molecule has 4 aliphatic carbocycles. The topological polar surface area (TPSA) is 51.8 Å². The van der Waals surface area contributed by atoms with Crippen LogP contribution in [-0.4, -0.2) is 15.0 Å². The number of nitrogens with zero attached hydrogens (tertiary/aromatic N) is 3. The van der Waals surface area contributed by atoms with Gasteiger partial charge < -0.3 is 4.42 Å². The smallest absolute Gasteiger partial charge is 0.164 e. The minimum atomic E-state index is -0.287. The first-order chi connectivity index (χ1) is 34.2. The van der Waals surface area contributed by atoms with Crippen LogP contribution in [0.5, 0.6) is 0 Å². The number of fused-ring (bicyclic) bond motifs is 15. The summed E-state index contributed by atoms with van der Waals surface area (Å²) < 4.78 is 6.19. The molecule has 4 heteroatoms. The zero-order valence-electron chi connectivity index (χ0n) is 37.6. The largest absolute Gasteiger partial charge is 0.456 e. The first-order valence-corrected chi connectivity index (χ1v) is 24.0. The van der Waals surface area contributed by atoms with Gasteiger partial charge in [-0.3, -0.25) is 0 Å². The van der Waals surface area contributed by atoms with Crippen molar-refractivity contribution in [2.75, 3.05) is 0 Å². The fourth-order valence-corrected chi connectivity index (χ4v) is 12.2. The minimum absolute atomic E-state index is 0.287. The lowest BCUT2D eigenvalue weighted by Crippen LogP contribution is -2.27. The maximum absolute atomic E-state index is 6.19. The Labute approximate surface area is 399 Å². The SMILES string of the molecule is C1=CC2=C(CC1)c1ccccc1C21c2ccccc2-c2cc(-c3ccc(-c4ccc5c(c4)-c4c(cccc4-c4nc(-c6ccccc6)nc(-c6ccc7oc8ccccc8c7c6)n4)C5)cc3)ccc21. The Morgan fingerprint density at radius 3 is 1.86 bits per heavy atom. The van der Waals surface area contributed by atoms with E-state index in [1.807, 2.05) is 42.5 Å². The van der Waals surface area contributed by atoms with Crippen LogP contribution in [0.15, 0.2) is 222 Å². The molecular formula is C65H41N3O. The summed E-state index contributed by atoms with van der Waals surface area (Å²) in [6.07, 6.45) is 7.83. The molecule has 69 heavy (non-hydrogen) atoms. The minimum Gasteiger partial charge on any atom is -0.456 e.